The molecule has 2 rings (SSSR count). The summed E-state index contributed by atoms with van der Waals surface area (Å²) in [5, 5.41) is 9.82. The lowest BCUT2D eigenvalue weighted by molar-refractivity contribution is 1.29. The van der Waals surface area contributed by atoms with Gasteiger partial charge in [-0.2, -0.15) is 5.26 Å². The lowest BCUT2D eigenvalue weighted by atomic mass is 10.1. The Morgan fingerprint density at radius 3 is 2.92 bits per heavy atom. The largest absolute Gasteiger partial charge is 0.246 e. The molecule has 0 atom stereocenters. The molecule has 0 unspecified atom stereocenters. The number of aromatic nitrogens is 1. The number of nitriles is 1. The first-order chi connectivity index (χ1) is 6.33. The van der Waals surface area contributed by atoms with Gasteiger partial charge in [-0.25, -0.2) is 4.98 Å². The van der Waals surface area contributed by atoms with Gasteiger partial charge in [0.25, 0.3) is 0 Å². The van der Waals surface area contributed by atoms with Crippen LogP contribution in [0.4, 0.5) is 0 Å². The van der Waals surface area contributed by atoms with Crippen molar-refractivity contribution in [2.24, 2.45) is 0 Å². The van der Waals surface area contributed by atoms with Crippen LogP contribution < -0.4 is 0 Å². The molecule has 0 aliphatic heterocycles. The Hall–Kier alpha value is -1.88. The number of benzene rings is 1. The van der Waals surface area contributed by atoms with E-state index in [0.717, 1.165) is 16.5 Å². The van der Waals surface area contributed by atoms with E-state index in [4.69, 9.17) is 5.26 Å². The minimum atomic E-state index is 0.672. The number of fused-ring (bicyclic) bond motifs is 1. The summed E-state index contributed by atoms with van der Waals surface area (Å²) >= 11 is 0. The predicted molar refractivity (Wildman–Crippen MR) is 50.0 cm³/mol. The first kappa shape index (κ1) is 7.75. The number of hydrogen-bond acceptors (Lipinski definition) is 2. The fourth-order valence-corrected chi connectivity index (χ4v) is 1.33. The van der Waals surface area contributed by atoms with Crippen LogP contribution in [0.3, 0.4) is 0 Å². The molecule has 2 nitrogen and oxygen atoms in total. The Balaban J connectivity index is 2.94. The molecule has 61 valence electrons. The summed E-state index contributed by atoms with van der Waals surface area (Å²) in [4.78, 5) is 4.11. The van der Waals surface area contributed by atoms with Crippen molar-refractivity contribution < 1.29 is 0 Å². The number of nitrogens with zero attached hydrogens (tertiary/aromatic N) is 2. The molecule has 1 aromatic heterocycles. The molecule has 0 N–H and O–H groups in total. The third kappa shape index (κ3) is 1.15. The average molecular weight is 167 g/mol. The van der Waals surface area contributed by atoms with Crippen LogP contribution in [0, 0.1) is 24.5 Å². The lowest BCUT2D eigenvalue weighted by Gasteiger charge is -2.00. The van der Waals surface area contributed by atoms with Crippen molar-refractivity contribution in [3.63, 3.8) is 0 Å². The van der Waals surface area contributed by atoms with Gasteiger partial charge in [-0.3, -0.25) is 0 Å². The first-order valence-corrected chi connectivity index (χ1v) is 4.00. The third-order valence-corrected chi connectivity index (χ3v) is 2.00. The number of aryl methyl sites for hydroxylation is 1. The Morgan fingerprint density at radius 1 is 1.38 bits per heavy atom. The van der Waals surface area contributed by atoms with E-state index in [9.17, 15) is 0 Å². The zero-order chi connectivity index (χ0) is 9.26. The summed E-state index contributed by atoms with van der Waals surface area (Å²) in [7, 11) is 0. The van der Waals surface area contributed by atoms with Crippen LogP contribution in [0.15, 0.2) is 24.3 Å². The number of pyridine rings is 1. The maximum absolute atomic E-state index is 8.92. The second-order valence-corrected chi connectivity index (χ2v) is 2.85. The van der Waals surface area contributed by atoms with Crippen LogP contribution in [0.2, 0.25) is 0 Å². The van der Waals surface area contributed by atoms with E-state index in [1.807, 2.05) is 31.2 Å². The van der Waals surface area contributed by atoms with Gasteiger partial charge in [0.15, 0.2) is 0 Å². The van der Waals surface area contributed by atoms with Crippen molar-refractivity contribution in [1.82, 2.24) is 4.98 Å². The molecule has 13 heavy (non-hydrogen) atoms. The highest BCUT2D eigenvalue weighted by Crippen LogP contribution is 2.17. The van der Waals surface area contributed by atoms with Crippen LogP contribution in [0.25, 0.3) is 10.9 Å². The topological polar surface area (TPSA) is 36.7 Å². The van der Waals surface area contributed by atoms with E-state index in [1.54, 1.807) is 0 Å². The van der Waals surface area contributed by atoms with Gasteiger partial charge in [0.2, 0.25) is 0 Å². The van der Waals surface area contributed by atoms with Gasteiger partial charge in [-0.1, -0.05) is 18.2 Å². The van der Waals surface area contributed by atoms with Crippen molar-refractivity contribution >= 4 is 10.9 Å². The van der Waals surface area contributed by atoms with Crippen molar-refractivity contribution in [1.29, 1.82) is 5.26 Å². The summed E-state index contributed by atoms with van der Waals surface area (Å²) in [6.07, 6.45) is 2.82. The summed E-state index contributed by atoms with van der Waals surface area (Å²) < 4.78 is 0. The van der Waals surface area contributed by atoms with Crippen LogP contribution in [-0.2, 0) is 0 Å². The quantitative estimate of drug-likeness (QED) is 0.603. The Kier molecular flexibility index (Phi) is 1.71. The summed E-state index contributed by atoms with van der Waals surface area (Å²) in [6.45, 7) is 1.85. The molecule has 0 aliphatic rings. The number of para-hydroxylation sites is 1. The Labute approximate surface area is 76.5 Å². The van der Waals surface area contributed by atoms with E-state index in [1.165, 1.54) is 0 Å². The van der Waals surface area contributed by atoms with Gasteiger partial charge in [0, 0.05) is 5.39 Å². The molecule has 0 saturated carbocycles. The van der Waals surface area contributed by atoms with Crippen molar-refractivity contribution in [2.75, 3.05) is 0 Å². The van der Waals surface area contributed by atoms with E-state index in [2.05, 4.69) is 17.3 Å². The monoisotopic (exact) mass is 167 g/mol. The highest BCUT2D eigenvalue weighted by molar-refractivity contribution is 5.85. The van der Waals surface area contributed by atoms with Crippen LogP contribution in [-0.4, -0.2) is 4.98 Å². The normalized spacial score (nSPS) is 9.85. The highest BCUT2D eigenvalue weighted by atomic mass is 14.6. The standard InChI is InChI=1S/C11H7N2/c1-8-7-13-11-5-3-2-4-9(11)10(8)6-12/h2-5H,1H3. The van der Waals surface area contributed by atoms with Crippen molar-refractivity contribution in [2.45, 2.75) is 6.92 Å². The minimum absolute atomic E-state index is 0.672. The van der Waals surface area contributed by atoms with Gasteiger partial charge in [-0.15, -0.1) is 0 Å². The SMILES string of the molecule is Cc1[c]nc2ccccc2c1C#N. The fourth-order valence-electron chi connectivity index (χ4n) is 1.33. The summed E-state index contributed by atoms with van der Waals surface area (Å²) in [5.41, 5.74) is 2.30. The molecule has 1 aromatic carbocycles. The van der Waals surface area contributed by atoms with E-state index in [-0.39, 0.29) is 0 Å². The molecule has 0 aliphatic carbocycles. The predicted octanol–water partition coefficient (Wildman–Crippen LogP) is 2.22. The van der Waals surface area contributed by atoms with E-state index < -0.39 is 0 Å². The molecule has 0 bridgehead atoms. The van der Waals surface area contributed by atoms with E-state index in [0.29, 0.717) is 5.56 Å². The molecule has 1 radical (unpaired) electrons. The Bertz CT molecular complexity index is 495. The smallest absolute Gasteiger partial charge is 0.100 e. The molecule has 2 aromatic rings. The maximum Gasteiger partial charge on any atom is 0.100 e. The number of hydrogen-bond donors (Lipinski definition) is 0. The molecule has 0 amide bonds. The first-order valence-electron chi connectivity index (χ1n) is 4.00. The van der Waals surface area contributed by atoms with E-state index >= 15 is 0 Å². The fraction of sp³-hybridized carbons (Fsp3) is 0.0909. The van der Waals surface area contributed by atoms with Crippen molar-refractivity contribution in [3.8, 4) is 6.07 Å². The average Bonchev–Trinajstić information content (AvgIpc) is 2.18. The van der Waals surface area contributed by atoms with Gasteiger partial charge in [-0.05, 0) is 18.6 Å². The van der Waals surface area contributed by atoms with Gasteiger partial charge >= 0.3 is 0 Å². The molecule has 0 spiro atoms. The molecule has 0 fully saturated rings. The summed E-state index contributed by atoms with van der Waals surface area (Å²) in [5.74, 6) is 0. The Morgan fingerprint density at radius 2 is 2.15 bits per heavy atom. The zero-order valence-electron chi connectivity index (χ0n) is 7.20. The summed E-state index contributed by atoms with van der Waals surface area (Å²) in [6, 6.07) is 9.76. The van der Waals surface area contributed by atoms with Crippen LogP contribution in [0.1, 0.15) is 11.1 Å². The van der Waals surface area contributed by atoms with Crippen molar-refractivity contribution in [3.05, 3.63) is 41.6 Å². The molecular formula is C11H7N2. The van der Waals surface area contributed by atoms with Gasteiger partial charge in [0.1, 0.15) is 6.07 Å². The van der Waals surface area contributed by atoms with Crippen LogP contribution in [0.5, 0.6) is 0 Å². The van der Waals surface area contributed by atoms with Gasteiger partial charge < -0.3 is 0 Å². The second kappa shape index (κ2) is 2.87. The molecule has 0 saturated heterocycles. The maximum atomic E-state index is 8.92. The number of rotatable bonds is 0. The molecule has 2 heteroatoms. The van der Waals surface area contributed by atoms with Gasteiger partial charge in [0.05, 0.1) is 17.3 Å². The third-order valence-electron chi connectivity index (χ3n) is 2.00. The molecule has 1 heterocycles. The highest BCUT2D eigenvalue weighted by Gasteiger charge is 2.03. The second-order valence-electron chi connectivity index (χ2n) is 2.85. The molecular weight excluding hydrogens is 160 g/mol. The lowest BCUT2D eigenvalue weighted by Crippen LogP contribution is -1.88. The minimum Gasteiger partial charge on any atom is -0.246 e. The van der Waals surface area contributed by atoms with Crippen LogP contribution >= 0.6 is 0 Å². The zero-order valence-corrected chi connectivity index (χ0v) is 7.20.